The molecule has 4 aromatic rings. The molecule has 0 amide bonds. The molecule has 3 heterocycles. The number of hydrogen-bond donors (Lipinski definition) is 1. The van der Waals surface area contributed by atoms with Gasteiger partial charge in [-0.2, -0.15) is 0 Å². The topological polar surface area (TPSA) is 129 Å². The summed E-state index contributed by atoms with van der Waals surface area (Å²) in [6, 6.07) is 10.2. The first kappa shape index (κ1) is 25.3. The molecule has 0 fully saturated rings. The summed E-state index contributed by atoms with van der Waals surface area (Å²) in [7, 11) is 0. The minimum Gasteiger partial charge on any atom is -0.480 e. The minimum atomic E-state index is -1.86. The lowest BCUT2D eigenvalue weighted by Crippen LogP contribution is -2.53. The van der Waals surface area contributed by atoms with Crippen LogP contribution in [0, 0.1) is 0 Å². The molecule has 36 heavy (non-hydrogen) atoms. The largest absolute Gasteiger partial charge is 0.480 e. The second-order valence-corrected chi connectivity index (χ2v) is 9.40. The number of aliphatic carboxylic acids is 1. The Hall–Kier alpha value is -3.76. The quantitative estimate of drug-likeness (QED) is 0.377. The zero-order valence-corrected chi connectivity index (χ0v) is 20.9. The van der Waals surface area contributed by atoms with Gasteiger partial charge in [-0.05, 0) is 45.9 Å². The number of ether oxygens (including phenoxy) is 1. The van der Waals surface area contributed by atoms with Gasteiger partial charge in [0.25, 0.3) is 5.56 Å². The van der Waals surface area contributed by atoms with Crippen molar-refractivity contribution in [2.75, 3.05) is 0 Å². The van der Waals surface area contributed by atoms with Gasteiger partial charge in [0.2, 0.25) is 5.89 Å². The van der Waals surface area contributed by atoms with E-state index in [9.17, 15) is 19.5 Å². The molecule has 10 nitrogen and oxygen atoms in total. The van der Waals surface area contributed by atoms with E-state index in [0.717, 1.165) is 0 Å². The summed E-state index contributed by atoms with van der Waals surface area (Å²) in [4.78, 5) is 47.7. The van der Waals surface area contributed by atoms with Crippen molar-refractivity contribution in [3.05, 3.63) is 80.3 Å². The number of oxazole rings is 1. The van der Waals surface area contributed by atoms with Crippen molar-refractivity contribution in [1.82, 2.24) is 19.1 Å². The van der Waals surface area contributed by atoms with Crippen LogP contribution in [0.25, 0.3) is 22.6 Å². The van der Waals surface area contributed by atoms with Crippen molar-refractivity contribution in [2.45, 2.75) is 52.0 Å². The molecule has 188 valence electrons. The third kappa shape index (κ3) is 4.57. The third-order valence-corrected chi connectivity index (χ3v) is 6.11. The lowest BCUT2D eigenvalue weighted by Gasteiger charge is -2.26. The molecule has 0 unspecified atom stereocenters. The number of halogens is 1. The van der Waals surface area contributed by atoms with E-state index in [0.29, 0.717) is 15.2 Å². The first-order valence-corrected chi connectivity index (χ1v) is 11.6. The average molecular weight is 513 g/mol. The van der Waals surface area contributed by atoms with Gasteiger partial charge in [-0.1, -0.05) is 29.8 Å². The molecular formula is C25H25ClN4O6. The molecule has 11 heteroatoms. The van der Waals surface area contributed by atoms with E-state index in [2.05, 4.69) is 9.97 Å². The van der Waals surface area contributed by atoms with Gasteiger partial charge in [-0.3, -0.25) is 9.36 Å². The second kappa shape index (κ2) is 9.71. The van der Waals surface area contributed by atoms with Crippen molar-refractivity contribution in [3.63, 3.8) is 0 Å². The number of carbonyl (C=O) groups is 1. The monoisotopic (exact) mass is 512 g/mol. The molecule has 0 saturated carbocycles. The SMILES string of the molecule is CC(C)O[C@@H](Cn1c(=O)n(C(C)(C)C(=O)O)c(=O)c2nc(-c3ncco3)ccc21)c1ccccc1Cl. The van der Waals surface area contributed by atoms with E-state index < -0.39 is 28.9 Å². The summed E-state index contributed by atoms with van der Waals surface area (Å²) in [5.41, 5.74) is -2.50. The first-order valence-electron chi connectivity index (χ1n) is 11.2. The van der Waals surface area contributed by atoms with Crippen molar-refractivity contribution in [3.8, 4) is 11.6 Å². The maximum atomic E-state index is 13.7. The molecule has 1 N–H and O–H groups in total. The van der Waals surface area contributed by atoms with Gasteiger partial charge in [0.1, 0.15) is 23.6 Å². The summed E-state index contributed by atoms with van der Waals surface area (Å²) < 4.78 is 13.4. The van der Waals surface area contributed by atoms with Crippen LogP contribution in [0.1, 0.15) is 39.4 Å². The molecule has 1 atom stereocenters. The standard InChI is InChI=1S/C25H25ClN4O6/c1-14(2)36-19(15-7-5-6-8-16(15)26)13-29-18-10-9-17(21-27-11-12-35-21)28-20(18)22(31)30(24(29)34)25(3,4)23(32)33/h5-12,14,19H,13H2,1-4H3,(H,32,33)/t19-/m0/s1. The highest BCUT2D eigenvalue weighted by Gasteiger charge is 2.35. The summed E-state index contributed by atoms with van der Waals surface area (Å²) in [5, 5.41) is 10.3. The number of carboxylic acids is 1. The summed E-state index contributed by atoms with van der Waals surface area (Å²) in [5.74, 6) is -1.17. The van der Waals surface area contributed by atoms with Crippen LogP contribution >= 0.6 is 11.6 Å². The normalized spacial score (nSPS) is 12.8. The smallest absolute Gasteiger partial charge is 0.332 e. The first-order chi connectivity index (χ1) is 17.0. The highest BCUT2D eigenvalue weighted by Crippen LogP contribution is 2.29. The number of hydrogen-bond acceptors (Lipinski definition) is 7. The summed E-state index contributed by atoms with van der Waals surface area (Å²) in [6.07, 6.45) is 1.91. The van der Waals surface area contributed by atoms with Crippen molar-refractivity contribution < 1.29 is 19.1 Å². The number of carboxylic acid groups (broad SMARTS) is 1. The predicted molar refractivity (Wildman–Crippen MR) is 133 cm³/mol. The van der Waals surface area contributed by atoms with E-state index in [1.54, 1.807) is 36.4 Å². The third-order valence-electron chi connectivity index (χ3n) is 5.76. The Labute approximate surface area is 210 Å². The van der Waals surface area contributed by atoms with E-state index >= 15 is 0 Å². The molecule has 0 radical (unpaired) electrons. The zero-order valence-electron chi connectivity index (χ0n) is 20.1. The maximum absolute atomic E-state index is 13.7. The van der Waals surface area contributed by atoms with Gasteiger partial charge in [0.05, 0.1) is 24.4 Å². The molecule has 3 aromatic heterocycles. The maximum Gasteiger partial charge on any atom is 0.332 e. The van der Waals surface area contributed by atoms with Crippen LogP contribution in [0.5, 0.6) is 0 Å². The van der Waals surface area contributed by atoms with Gasteiger partial charge >= 0.3 is 11.7 Å². The molecule has 0 aliphatic rings. The number of pyridine rings is 1. The number of nitrogens with zero attached hydrogens (tertiary/aromatic N) is 4. The highest BCUT2D eigenvalue weighted by molar-refractivity contribution is 6.31. The second-order valence-electron chi connectivity index (χ2n) is 8.99. The number of aromatic nitrogens is 4. The van der Waals surface area contributed by atoms with Crippen molar-refractivity contribution >= 4 is 28.6 Å². The van der Waals surface area contributed by atoms with Crippen LogP contribution in [0.3, 0.4) is 0 Å². The number of benzene rings is 1. The molecule has 4 rings (SSSR count). The number of fused-ring (bicyclic) bond motifs is 1. The zero-order chi connectivity index (χ0) is 26.2. The fourth-order valence-electron chi connectivity index (χ4n) is 3.92. The van der Waals surface area contributed by atoms with Gasteiger partial charge in [0, 0.05) is 10.6 Å². The Morgan fingerprint density at radius 2 is 1.92 bits per heavy atom. The van der Waals surface area contributed by atoms with Crippen molar-refractivity contribution in [1.29, 1.82) is 0 Å². The molecule has 0 spiro atoms. The van der Waals surface area contributed by atoms with Crippen LogP contribution in [0.2, 0.25) is 5.02 Å². The van der Waals surface area contributed by atoms with Crippen LogP contribution in [0.15, 0.2) is 62.9 Å². The van der Waals surface area contributed by atoms with Crippen LogP contribution in [-0.2, 0) is 21.6 Å². The van der Waals surface area contributed by atoms with E-state index in [-0.39, 0.29) is 35.3 Å². The predicted octanol–water partition coefficient (Wildman–Crippen LogP) is 3.85. The lowest BCUT2D eigenvalue weighted by atomic mass is 10.1. The van der Waals surface area contributed by atoms with E-state index in [1.807, 2.05) is 13.8 Å². The lowest BCUT2D eigenvalue weighted by molar-refractivity contribution is -0.146. The van der Waals surface area contributed by atoms with Crippen LogP contribution in [-0.4, -0.2) is 36.3 Å². The molecule has 0 bridgehead atoms. The minimum absolute atomic E-state index is 0.0484. The molecular weight excluding hydrogens is 488 g/mol. The van der Waals surface area contributed by atoms with Gasteiger partial charge in [-0.15, -0.1) is 0 Å². The van der Waals surface area contributed by atoms with Gasteiger partial charge in [-0.25, -0.2) is 24.1 Å². The van der Waals surface area contributed by atoms with E-state index in [1.165, 1.54) is 30.9 Å². The molecule has 0 saturated heterocycles. The Kier molecular flexibility index (Phi) is 6.83. The summed E-state index contributed by atoms with van der Waals surface area (Å²) in [6.45, 7) is 6.21. The van der Waals surface area contributed by atoms with Gasteiger partial charge in [0.15, 0.2) is 5.52 Å². The Bertz CT molecular complexity index is 1540. The number of rotatable bonds is 8. The molecule has 0 aliphatic carbocycles. The fourth-order valence-corrected chi connectivity index (χ4v) is 4.18. The highest BCUT2D eigenvalue weighted by atomic mass is 35.5. The molecule has 1 aromatic carbocycles. The Morgan fingerprint density at radius 1 is 1.19 bits per heavy atom. The fraction of sp³-hybridized carbons (Fsp3) is 0.320. The van der Waals surface area contributed by atoms with Crippen LogP contribution in [0.4, 0.5) is 0 Å². The Morgan fingerprint density at radius 3 is 2.53 bits per heavy atom. The van der Waals surface area contributed by atoms with E-state index in [4.69, 9.17) is 20.8 Å². The van der Waals surface area contributed by atoms with Crippen LogP contribution < -0.4 is 11.2 Å². The molecule has 0 aliphatic heterocycles. The average Bonchev–Trinajstić information content (AvgIpc) is 3.36. The Balaban J connectivity index is 2.02. The van der Waals surface area contributed by atoms with Gasteiger partial charge < -0.3 is 14.3 Å². The summed E-state index contributed by atoms with van der Waals surface area (Å²) >= 11 is 6.45. The van der Waals surface area contributed by atoms with Crippen molar-refractivity contribution in [2.24, 2.45) is 0 Å².